The van der Waals surface area contributed by atoms with Crippen molar-refractivity contribution in [3.63, 3.8) is 0 Å². The Kier molecular flexibility index (Phi) is 5.58. The lowest BCUT2D eigenvalue weighted by molar-refractivity contribution is -0.128. The minimum Gasteiger partial charge on any atom is -0.354 e. The fourth-order valence-electron chi connectivity index (χ4n) is 3.65. The van der Waals surface area contributed by atoms with Crippen LogP contribution in [-0.4, -0.2) is 33.7 Å². The van der Waals surface area contributed by atoms with Crippen molar-refractivity contribution in [3.05, 3.63) is 47.5 Å². The summed E-state index contributed by atoms with van der Waals surface area (Å²) in [6, 6.07) is 5.91. The maximum atomic E-state index is 13.1. The summed E-state index contributed by atoms with van der Waals surface area (Å²) in [5.41, 5.74) is 0.856. The van der Waals surface area contributed by atoms with Gasteiger partial charge in [0.2, 0.25) is 5.91 Å². The maximum absolute atomic E-state index is 13.1. The Bertz CT molecular complexity index is 823. The van der Waals surface area contributed by atoms with E-state index in [9.17, 15) is 14.0 Å². The first-order valence-corrected chi connectivity index (χ1v) is 9.38. The Labute approximate surface area is 158 Å². The van der Waals surface area contributed by atoms with Gasteiger partial charge in [0.05, 0.1) is 23.1 Å². The molecule has 3 rings (SSSR count). The number of amides is 2. The van der Waals surface area contributed by atoms with Crippen LogP contribution in [0.3, 0.4) is 0 Å². The molecule has 7 heteroatoms. The van der Waals surface area contributed by atoms with Crippen LogP contribution in [0.4, 0.5) is 4.39 Å². The Morgan fingerprint density at radius 1 is 1.19 bits per heavy atom. The summed E-state index contributed by atoms with van der Waals surface area (Å²) >= 11 is 0. The van der Waals surface area contributed by atoms with Crippen molar-refractivity contribution in [1.82, 2.24) is 20.4 Å². The molecule has 0 spiro atoms. The third-order valence-electron chi connectivity index (χ3n) is 5.16. The van der Waals surface area contributed by atoms with Gasteiger partial charge in [0.15, 0.2) is 0 Å². The molecule has 1 aromatic carbocycles. The molecule has 144 valence electrons. The first-order chi connectivity index (χ1) is 13.0. The minimum atomic E-state index is -0.865. The van der Waals surface area contributed by atoms with Crippen LogP contribution < -0.4 is 10.6 Å². The molecule has 0 unspecified atom stereocenters. The van der Waals surface area contributed by atoms with Crippen LogP contribution >= 0.6 is 0 Å². The molecule has 1 fully saturated rings. The van der Waals surface area contributed by atoms with E-state index in [0.29, 0.717) is 36.3 Å². The first-order valence-electron chi connectivity index (χ1n) is 9.38. The van der Waals surface area contributed by atoms with Gasteiger partial charge < -0.3 is 10.6 Å². The molecule has 0 atom stereocenters. The number of hydrogen-bond acceptors (Lipinski definition) is 3. The second-order valence-electron chi connectivity index (χ2n) is 6.99. The van der Waals surface area contributed by atoms with Gasteiger partial charge in [-0.3, -0.25) is 9.59 Å². The second kappa shape index (κ2) is 7.90. The van der Waals surface area contributed by atoms with E-state index in [0.717, 1.165) is 19.3 Å². The van der Waals surface area contributed by atoms with E-state index in [-0.39, 0.29) is 17.6 Å². The third kappa shape index (κ3) is 3.86. The largest absolute Gasteiger partial charge is 0.354 e. The summed E-state index contributed by atoms with van der Waals surface area (Å²) in [6.45, 7) is 4.18. The summed E-state index contributed by atoms with van der Waals surface area (Å²) in [7, 11) is 0. The van der Waals surface area contributed by atoms with Crippen molar-refractivity contribution < 1.29 is 14.0 Å². The Hall–Kier alpha value is -2.70. The molecule has 6 nitrogen and oxygen atoms in total. The zero-order chi connectivity index (χ0) is 19.4. The van der Waals surface area contributed by atoms with Crippen molar-refractivity contribution in [1.29, 1.82) is 0 Å². The second-order valence-corrected chi connectivity index (χ2v) is 6.99. The lowest BCUT2D eigenvalue weighted by Gasteiger charge is -2.36. The number of nitrogens with zero attached hydrogens (tertiary/aromatic N) is 2. The lowest BCUT2D eigenvalue weighted by atomic mass is 9.80. The molecule has 1 aromatic heterocycles. The van der Waals surface area contributed by atoms with Crippen LogP contribution in [0.25, 0.3) is 5.69 Å². The Morgan fingerprint density at radius 3 is 2.48 bits per heavy atom. The van der Waals surface area contributed by atoms with Gasteiger partial charge in [-0.2, -0.15) is 5.10 Å². The molecule has 27 heavy (non-hydrogen) atoms. The number of nitrogens with one attached hydrogen (secondary N) is 2. The standard InChI is InChI=1S/C20H25FN4O2/c1-3-22-19(27)20(11-5-4-6-12-20)24-18(26)17-13-23-25(14(17)2)16-9-7-15(21)8-10-16/h7-10,13H,3-6,11-12H2,1-2H3,(H,22,27)(H,24,26). The van der Waals surface area contributed by atoms with E-state index in [1.807, 2.05) is 6.92 Å². The predicted molar refractivity (Wildman–Crippen MR) is 100 cm³/mol. The van der Waals surface area contributed by atoms with Crippen molar-refractivity contribution in [2.75, 3.05) is 6.54 Å². The van der Waals surface area contributed by atoms with Gasteiger partial charge in [-0.25, -0.2) is 9.07 Å². The van der Waals surface area contributed by atoms with Gasteiger partial charge in [0.1, 0.15) is 11.4 Å². The Morgan fingerprint density at radius 2 is 1.85 bits per heavy atom. The Balaban J connectivity index is 1.84. The van der Waals surface area contributed by atoms with Gasteiger partial charge in [-0.1, -0.05) is 19.3 Å². The summed E-state index contributed by atoms with van der Waals surface area (Å²) in [4.78, 5) is 25.6. The van der Waals surface area contributed by atoms with E-state index in [1.165, 1.54) is 18.3 Å². The molecule has 1 aliphatic rings. The summed E-state index contributed by atoms with van der Waals surface area (Å²) in [5.74, 6) is -0.765. The van der Waals surface area contributed by atoms with Crippen LogP contribution in [-0.2, 0) is 4.79 Å². The fourth-order valence-corrected chi connectivity index (χ4v) is 3.65. The number of benzene rings is 1. The topological polar surface area (TPSA) is 76.0 Å². The van der Waals surface area contributed by atoms with Crippen molar-refractivity contribution in [3.8, 4) is 5.69 Å². The quantitative estimate of drug-likeness (QED) is 0.847. The zero-order valence-corrected chi connectivity index (χ0v) is 15.7. The van der Waals surface area contributed by atoms with Crippen LogP contribution in [0.15, 0.2) is 30.5 Å². The molecule has 1 saturated carbocycles. The molecule has 1 aliphatic carbocycles. The van der Waals surface area contributed by atoms with E-state index in [1.54, 1.807) is 23.7 Å². The van der Waals surface area contributed by atoms with E-state index >= 15 is 0 Å². The molecule has 2 N–H and O–H groups in total. The molecular formula is C20H25FN4O2. The first kappa shape index (κ1) is 19.1. The average molecular weight is 372 g/mol. The van der Waals surface area contributed by atoms with Gasteiger partial charge >= 0.3 is 0 Å². The number of rotatable bonds is 5. The monoisotopic (exact) mass is 372 g/mol. The van der Waals surface area contributed by atoms with Crippen LogP contribution in [0, 0.1) is 12.7 Å². The average Bonchev–Trinajstić information content (AvgIpc) is 3.05. The highest BCUT2D eigenvalue weighted by Crippen LogP contribution is 2.29. The SMILES string of the molecule is CCNC(=O)C1(NC(=O)c2cnn(-c3ccc(F)cc3)c2C)CCCCC1. The van der Waals surface area contributed by atoms with Gasteiger partial charge in [-0.05, 0) is 51.0 Å². The molecule has 1 heterocycles. The smallest absolute Gasteiger partial charge is 0.255 e. The number of hydrogen-bond donors (Lipinski definition) is 2. The number of aromatic nitrogens is 2. The molecule has 0 saturated heterocycles. The van der Waals surface area contributed by atoms with Crippen molar-refractivity contribution >= 4 is 11.8 Å². The van der Waals surface area contributed by atoms with Crippen LogP contribution in [0.1, 0.15) is 55.1 Å². The molecule has 0 aliphatic heterocycles. The normalized spacial score (nSPS) is 16.0. The molecular weight excluding hydrogens is 347 g/mol. The van der Waals surface area contributed by atoms with E-state index in [2.05, 4.69) is 15.7 Å². The maximum Gasteiger partial charge on any atom is 0.255 e. The third-order valence-corrected chi connectivity index (χ3v) is 5.16. The fraction of sp³-hybridized carbons (Fsp3) is 0.450. The van der Waals surface area contributed by atoms with Crippen molar-refractivity contribution in [2.24, 2.45) is 0 Å². The van der Waals surface area contributed by atoms with Crippen LogP contribution in [0.2, 0.25) is 0 Å². The van der Waals surface area contributed by atoms with Gasteiger partial charge in [0, 0.05) is 6.54 Å². The minimum absolute atomic E-state index is 0.123. The number of carbonyl (C=O) groups is 2. The highest BCUT2D eigenvalue weighted by molar-refractivity contribution is 6.00. The lowest BCUT2D eigenvalue weighted by Crippen LogP contribution is -2.59. The van der Waals surface area contributed by atoms with E-state index < -0.39 is 5.54 Å². The zero-order valence-electron chi connectivity index (χ0n) is 15.7. The number of carbonyl (C=O) groups excluding carboxylic acids is 2. The highest BCUT2D eigenvalue weighted by atomic mass is 19.1. The summed E-state index contributed by atoms with van der Waals surface area (Å²) in [6.07, 6.45) is 5.64. The highest BCUT2D eigenvalue weighted by Gasteiger charge is 2.41. The van der Waals surface area contributed by atoms with Gasteiger partial charge in [-0.15, -0.1) is 0 Å². The number of likely N-dealkylation sites (N-methyl/N-ethyl adjacent to an activating group) is 1. The summed E-state index contributed by atoms with van der Waals surface area (Å²) < 4.78 is 14.7. The molecule has 2 amide bonds. The molecule has 2 aromatic rings. The van der Waals surface area contributed by atoms with Gasteiger partial charge in [0.25, 0.3) is 5.91 Å². The van der Waals surface area contributed by atoms with Crippen LogP contribution in [0.5, 0.6) is 0 Å². The number of halogens is 1. The predicted octanol–water partition coefficient (Wildman–Crippen LogP) is 2.89. The van der Waals surface area contributed by atoms with Crippen molar-refractivity contribution in [2.45, 2.75) is 51.5 Å². The summed E-state index contributed by atoms with van der Waals surface area (Å²) in [5, 5.41) is 10.1. The van der Waals surface area contributed by atoms with E-state index in [4.69, 9.17) is 0 Å². The molecule has 0 radical (unpaired) electrons. The molecule has 0 bridgehead atoms.